The van der Waals surface area contributed by atoms with Gasteiger partial charge in [0.2, 0.25) is 0 Å². The minimum Gasteiger partial charge on any atom is -0.492 e. The monoisotopic (exact) mass is 381 g/mol. The molecular formula is C22H23NO5. The van der Waals surface area contributed by atoms with Gasteiger partial charge in [-0.05, 0) is 44.0 Å². The fourth-order valence-electron chi connectivity index (χ4n) is 2.92. The van der Waals surface area contributed by atoms with E-state index in [9.17, 15) is 9.59 Å². The maximum atomic E-state index is 12.2. The van der Waals surface area contributed by atoms with Crippen LogP contribution in [0.5, 0.6) is 5.75 Å². The van der Waals surface area contributed by atoms with Crippen LogP contribution in [0, 0.1) is 13.8 Å². The van der Waals surface area contributed by atoms with Gasteiger partial charge in [0.15, 0.2) is 6.61 Å². The molecule has 28 heavy (non-hydrogen) atoms. The SMILES string of the molecule is CCOc1ccccc1NC(=O)COC(=O)Cc1coc2c(C)c(C)ccc12. The number of ether oxygens (including phenoxy) is 2. The standard InChI is InChI=1S/C22H23NO5/c1-4-26-19-8-6-5-7-18(19)23-20(24)13-27-21(25)11-16-12-28-22-15(3)14(2)9-10-17(16)22/h5-10,12H,4,11,13H2,1-3H3,(H,23,24). The molecule has 3 rings (SSSR count). The van der Waals surface area contributed by atoms with Gasteiger partial charge < -0.3 is 19.2 Å². The van der Waals surface area contributed by atoms with Crippen LogP contribution in [0.15, 0.2) is 47.1 Å². The molecule has 146 valence electrons. The van der Waals surface area contributed by atoms with Gasteiger partial charge in [-0.15, -0.1) is 0 Å². The maximum Gasteiger partial charge on any atom is 0.310 e. The number of fused-ring (bicyclic) bond motifs is 1. The average Bonchev–Trinajstić information content (AvgIpc) is 3.08. The van der Waals surface area contributed by atoms with Crippen molar-refractivity contribution in [2.45, 2.75) is 27.2 Å². The van der Waals surface area contributed by atoms with Crippen molar-refractivity contribution < 1.29 is 23.5 Å². The molecule has 0 bridgehead atoms. The van der Waals surface area contributed by atoms with E-state index in [1.54, 1.807) is 24.5 Å². The Morgan fingerprint density at radius 2 is 1.89 bits per heavy atom. The van der Waals surface area contributed by atoms with Gasteiger partial charge in [-0.2, -0.15) is 0 Å². The van der Waals surface area contributed by atoms with Crippen molar-refractivity contribution in [1.82, 2.24) is 0 Å². The first-order valence-electron chi connectivity index (χ1n) is 9.13. The number of hydrogen-bond donors (Lipinski definition) is 1. The average molecular weight is 381 g/mol. The van der Waals surface area contributed by atoms with E-state index in [1.807, 2.05) is 39.0 Å². The van der Waals surface area contributed by atoms with Crippen molar-refractivity contribution >= 4 is 28.5 Å². The molecule has 6 heteroatoms. The quantitative estimate of drug-likeness (QED) is 0.622. The maximum absolute atomic E-state index is 12.2. The van der Waals surface area contributed by atoms with Crippen LogP contribution in [0.3, 0.4) is 0 Å². The number of furan rings is 1. The zero-order chi connectivity index (χ0) is 20.1. The van der Waals surface area contributed by atoms with Gasteiger partial charge in [0.25, 0.3) is 5.91 Å². The molecule has 6 nitrogen and oxygen atoms in total. The van der Waals surface area contributed by atoms with Gasteiger partial charge in [-0.1, -0.05) is 24.3 Å². The normalized spacial score (nSPS) is 10.7. The number of hydrogen-bond acceptors (Lipinski definition) is 5. The van der Waals surface area contributed by atoms with Crippen LogP contribution in [0.2, 0.25) is 0 Å². The van der Waals surface area contributed by atoms with E-state index in [4.69, 9.17) is 13.9 Å². The van der Waals surface area contributed by atoms with Gasteiger partial charge in [0.1, 0.15) is 11.3 Å². The Morgan fingerprint density at radius 3 is 2.68 bits per heavy atom. The van der Waals surface area contributed by atoms with Crippen LogP contribution in [0.4, 0.5) is 5.69 Å². The highest BCUT2D eigenvalue weighted by atomic mass is 16.5. The number of aryl methyl sites for hydroxylation is 2. The van der Waals surface area contributed by atoms with E-state index in [1.165, 1.54) is 0 Å². The van der Waals surface area contributed by atoms with E-state index < -0.39 is 11.9 Å². The van der Waals surface area contributed by atoms with Crippen LogP contribution < -0.4 is 10.1 Å². The van der Waals surface area contributed by atoms with Crippen LogP contribution in [0.1, 0.15) is 23.6 Å². The number of anilines is 1. The first-order valence-corrected chi connectivity index (χ1v) is 9.13. The molecule has 2 aromatic carbocycles. The lowest BCUT2D eigenvalue weighted by Gasteiger charge is -2.11. The van der Waals surface area contributed by atoms with Gasteiger partial charge in [-0.25, -0.2) is 0 Å². The van der Waals surface area contributed by atoms with Crippen molar-refractivity contribution in [2.24, 2.45) is 0 Å². The molecule has 0 saturated carbocycles. The fourth-order valence-corrected chi connectivity index (χ4v) is 2.92. The van der Waals surface area contributed by atoms with Crippen LogP contribution in [-0.4, -0.2) is 25.1 Å². The van der Waals surface area contributed by atoms with Gasteiger partial charge >= 0.3 is 5.97 Å². The lowest BCUT2D eigenvalue weighted by molar-refractivity contribution is -0.146. The summed E-state index contributed by atoms with van der Waals surface area (Å²) in [6.45, 7) is 5.97. The van der Waals surface area contributed by atoms with Gasteiger partial charge in [-0.3, -0.25) is 9.59 Å². The number of amides is 1. The summed E-state index contributed by atoms with van der Waals surface area (Å²) in [5.74, 6) is -0.349. The minimum absolute atomic E-state index is 0.0400. The molecule has 1 aromatic heterocycles. The van der Waals surface area contributed by atoms with Crippen molar-refractivity contribution in [3.05, 3.63) is 59.4 Å². The third-order valence-corrected chi connectivity index (χ3v) is 4.50. The second-order valence-corrected chi connectivity index (χ2v) is 6.46. The Labute approximate surface area is 163 Å². The van der Waals surface area contributed by atoms with Crippen molar-refractivity contribution in [3.63, 3.8) is 0 Å². The Kier molecular flexibility index (Phi) is 5.99. The number of carbonyl (C=O) groups excluding carboxylic acids is 2. The van der Waals surface area contributed by atoms with Crippen molar-refractivity contribution in [3.8, 4) is 5.75 Å². The summed E-state index contributed by atoms with van der Waals surface area (Å²) in [5, 5.41) is 3.58. The molecule has 0 atom stereocenters. The molecule has 0 saturated heterocycles. The van der Waals surface area contributed by atoms with Crippen LogP contribution in [0.25, 0.3) is 11.0 Å². The van der Waals surface area contributed by atoms with E-state index in [2.05, 4.69) is 5.32 Å². The molecule has 0 aliphatic heterocycles. The zero-order valence-electron chi connectivity index (χ0n) is 16.2. The predicted octanol–water partition coefficient (Wildman–Crippen LogP) is 4.17. The Morgan fingerprint density at radius 1 is 1.11 bits per heavy atom. The summed E-state index contributed by atoms with van der Waals surface area (Å²) in [6.07, 6.45) is 1.61. The summed E-state index contributed by atoms with van der Waals surface area (Å²) in [7, 11) is 0. The number of rotatable bonds is 7. The number of esters is 1. The second kappa shape index (κ2) is 8.61. The van der Waals surface area contributed by atoms with E-state index in [0.29, 0.717) is 18.0 Å². The Balaban J connectivity index is 1.58. The summed E-state index contributed by atoms with van der Waals surface area (Å²) < 4.78 is 16.2. The van der Waals surface area contributed by atoms with E-state index in [0.717, 1.165) is 27.7 Å². The van der Waals surface area contributed by atoms with Gasteiger partial charge in [0, 0.05) is 10.9 Å². The van der Waals surface area contributed by atoms with Gasteiger partial charge in [0.05, 0.1) is 25.0 Å². The van der Waals surface area contributed by atoms with Crippen LogP contribution in [-0.2, 0) is 20.7 Å². The van der Waals surface area contributed by atoms with Crippen molar-refractivity contribution in [2.75, 3.05) is 18.5 Å². The molecular weight excluding hydrogens is 358 g/mol. The molecule has 1 N–H and O–H groups in total. The predicted molar refractivity (Wildman–Crippen MR) is 107 cm³/mol. The molecule has 0 radical (unpaired) electrons. The van der Waals surface area contributed by atoms with E-state index >= 15 is 0 Å². The number of para-hydroxylation sites is 2. The zero-order valence-corrected chi connectivity index (χ0v) is 16.2. The fraction of sp³-hybridized carbons (Fsp3) is 0.273. The first kappa shape index (κ1) is 19.5. The lowest BCUT2D eigenvalue weighted by Crippen LogP contribution is -2.22. The summed E-state index contributed by atoms with van der Waals surface area (Å²) in [4.78, 5) is 24.3. The lowest BCUT2D eigenvalue weighted by atomic mass is 10.0. The highest BCUT2D eigenvalue weighted by molar-refractivity contribution is 5.94. The molecule has 0 unspecified atom stereocenters. The second-order valence-electron chi connectivity index (χ2n) is 6.46. The third-order valence-electron chi connectivity index (χ3n) is 4.50. The number of nitrogens with one attached hydrogen (secondary N) is 1. The summed E-state index contributed by atoms with van der Waals surface area (Å²) >= 11 is 0. The highest BCUT2D eigenvalue weighted by Gasteiger charge is 2.15. The molecule has 0 aliphatic rings. The summed E-state index contributed by atoms with van der Waals surface area (Å²) in [5.41, 5.74) is 4.22. The molecule has 1 heterocycles. The third kappa shape index (κ3) is 4.34. The van der Waals surface area contributed by atoms with Crippen molar-refractivity contribution in [1.29, 1.82) is 0 Å². The topological polar surface area (TPSA) is 77.8 Å². The highest BCUT2D eigenvalue weighted by Crippen LogP contribution is 2.27. The van der Waals surface area contributed by atoms with E-state index in [-0.39, 0.29) is 13.0 Å². The summed E-state index contributed by atoms with van der Waals surface area (Å²) in [6, 6.07) is 11.0. The largest absolute Gasteiger partial charge is 0.492 e. The molecule has 3 aromatic rings. The number of carbonyl (C=O) groups is 2. The molecule has 1 amide bonds. The molecule has 0 aliphatic carbocycles. The van der Waals surface area contributed by atoms with Crippen LogP contribution >= 0.6 is 0 Å². The molecule has 0 fully saturated rings. The molecule has 0 spiro atoms. The minimum atomic E-state index is -0.492. The Hall–Kier alpha value is -3.28. The first-order chi connectivity index (χ1) is 13.5. The number of benzene rings is 2. The Bertz CT molecular complexity index is 1010. The smallest absolute Gasteiger partial charge is 0.310 e.